The van der Waals surface area contributed by atoms with Gasteiger partial charge in [0.05, 0.1) is 22.2 Å². The fourth-order valence-corrected chi connectivity index (χ4v) is 3.30. The van der Waals surface area contributed by atoms with Crippen LogP contribution in [-0.2, 0) is 20.7 Å². The van der Waals surface area contributed by atoms with Crippen LogP contribution in [0.4, 0.5) is 5.69 Å². The number of thiophene rings is 1. The Hall–Kier alpha value is -2.64. The van der Waals surface area contributed by atoms with E-state index < -0.39 is 18.5 Å². The molecule has 0 spiro atoms. The van der Waals surface area contributed by atoms with Gasteiger partial charge in [-0.25, -0.2) is 0 Å². The normalized spacial score (nSPS) is 11.4. The smallest absolute Gasteiger partial charge is 0.311 e. The van der Waals surface area contributed by atoms with Crippen LogP contribution in [0, 0.1) is 5.41 Å². The molecule has 0 aliphatic heterocycles. The van der Waals surface area contributed by atoms with Crippen LogP contribution in [0.3, 0.4) is 0 Å². The highest BCUT2D eigenvalue weighted by atomic mass is 35.5. The van der Waals surface area contributed by atoms with Crippen LogP contribution < -0.4 is 10.6 Å². The van der Waals surface area contributed by atoms with Crippen molar-refractivity contribution < 1.29 is 14.3 Å². The van der Waals surface area contributed by atoms with Gasteiger partial charge >= 0.3 is 5.97 Å². The molecule has 3 N–H and O–H groups in total. The maximum absolute atomic E-state index is 12.1. The van der Waals surface area contributed by atoms with Gasteiger partial charge in [-0.15, -0.1) is 11.3 Å². The Morgan fingerprint density at radius 2 is 1.85 bits per heavy atom. The molecule has 2 aromatic rings. The van der Waals surface area contributed by atoms with Crippen LogP contribution in [-0.4, -0.2) is 24.2 Å². The van der Waals surface area contributed by atoms with Crippen molar-refractivity contribution in [2.45, 2.75) is 20.3 Å². The summed E-state index contributed by atoms with van der Waals surface area (Å²) < 4.78 is 5.59. The van der Waals surface area contributed by atoms with Gasteiger partial charge in [0, 0.05) is 16.3 Å². The first-order valence-electron chi connectivity index (χ1n) is 8.13. The Kier molecular flexibility index (Phi) is 7.57. The SMILES string of the molecule is CC(=N)/C(NC(=O)COC(=O)Cc1ccc(Cl)s1)=C(/C)Nc1ccccc1. The number of carbonyl (C=O) groups excluding carboxylic acids is 2. The Morgan fingerprint density at radius 3 is 2.44 bits per heavy atom. The number of para-hydroxylation sites is 1. The highest BCUT2D eigenvalue weighted by Gasteiger charge is 2.14. The van der Waals surface area contributed by atoms with E-state index >= 15 is 0 Å². The highest BCUT2D eigenvalue weighted by molar-refractivity contribution is 7.16. The van der Waals surface area contributed by atoms with E-state index in [1.54, 1.807) is 26.0 Å². The van der Waals surface area contributed by atoms with Crippen molar-refractivity contribution in [3.05, 3.63) is 63.1 Å². The number of amides is 1. The molecule has 27 heavy (non-hydrogen) atoms. The molecule has 0 saturated heterocycles. The van der Waals surface area contributed by atoms with Gasteiger partial charge < -0.3 is 20.8 Å². The van der Waals surface area contributed by atoms with E-state index in [0.29, 0.717) is 15.7 Å². The summed E-state index contributed by atoms with van der Waals surface area (Å²) in [5.41, 5.74) is 1.97. The minimum atomic E-state index is -0.514. The lowest BCUT2D eigenvalue weighted by molar-refractivity contribution is -0.147. The van der Waals surface area contributed by atoms with E-state index in [1.807, 2.05) is 30.3 Å². The monoisotopic (exact) mass is 405 g/mol. The third kappa shape index (κ3) is 6.88. The molecule has 0 bridgehead atoms. The first-order valence-corrected chi connectivity index (χ1v) is 9.32. The molecule has 0 saturated carbocycles. The second kappa shape index (κ2) is 9.89. The molecule has 1 amide bonds. The number of nitrogens with one attached hydrogen (secondary N) is 3. The lowest BCUT2D eigenvalue weighted by Crippen LogP contribution is -2.32. The Bertz CT molecular complexity index is 862. The molecular weight excluding hydrogens is 386 g/mol. The minimum Gasteiger partial charge on any atom is -0.455 e. The van der Waals surface area contributed by atoms with Crippen molar-refractivity contribution >= 4 is 46.2 Å². The van der Waals surface area contributed by atoms with Gasteiger partial charge in [-0.2, -0.15) is 0 Å². The zero-order valence-corrected chi connectivity index (χ0v) is 16.5. The van der Waals surface area contributed by atoms with Gasteiger partial charge in [0.25, 0.3) is 5.91 Å². The van der Waals surface area contributed by atoms with Crippen molar-refractivity contribution in [1.82, 2.24) is 5.32 Å². The van der Waals surface area contributed by atoms with Gasteiger partial charge in [-0.1, -0.05) is 29.8 Å². The fraction of sp³-hybridized carbons (Fsp3) is 0.211. The number of esters is 1. The quantitative estimate of drug-likeness (QED) is 0.457. The summed E-state index contributed by atoms with van der Waals surface area (Å²) in [7, 11) is 0. The van der Waals surface area contributed by atoms with Crippen LogP contribution in [0.5, 0.6) is 0 Å². The Morgan fingerprint density at radius 1 is 1.15 bits per heavy atom. The number of rotatable bonds is 8. The predicted octanol–water partition coefficient (Wildman–Crippen LogP) is 3.99. The number of allylic oxidation sites excluding steroid dienone is 2. The molecule has 1 heterocycles. The third-order valence-electron chi connectivity index (χ3n) is 3.43. The highest BCUT2D eigenvalue weighted by Crippen LogP contribution is 2.21. The first kappa shape index (κ1) is 20.7. The van der Waals surface area contributed by atoms with Gasteiger partial charge in [-0.05, 0) is 38.1 Å². The zero-order valence-electron chi connectivity index (χ0n) is 15.0. The van der Waals surface area contributed by atoms with Crippen molar-refractivity contribution in [3.63, 3.8) is 0 Å². The van der Waals surface area contributed by atoms with Crippen molar-refractivity contribution in [3.8, 4) is 0 Å². The lowest BCUT2D eigenvalue weighted by atomic mass is 10.2. The van der Waals surface area contributed by atoms with Crippen LogP contribution >= 0.6 is 22.9 Å². The number of hydrogen-bond donors (Lipinski definition) is 3. The molecule has 0 fully saturated rings. The largest absolute Gasteiger partial charge is 0.455 e. The summed E-state index contributed by atoms with van der Waals surface area (Å²) in [6.07, 6.45) is 0.0611. The molecular formula is C19H20ClN3O3S. The molecule has 8 heteroatoms. The summed E-state index contributed by atoms with van der Waals surface area (Å²) in [5.74, 6) is -1.02. The number of carbonyl (C=O) groups is 2. The number of hydrogen-bond acceptors (Lipinski definition) is 6. The lowest BCUT2D eigenvalue weighted by Gasteiger charge is -2.15. The van der Waals surface area contributed by atoms with Gasteiger partial charge in [0.2, 0.25) is 0 Å². The van der Waals surface area contributed by atoms with Gasteiger partial charge in [0.15, 0.2) is 6.61 Å². The number of benzene rings is 1. The first-order chi connectivity index (χ1) is 12.8. The molecule has 0 aliphatic rings. The second-order valence-corrected chi connectivity index (χ2v) is 7.51. The summed E-state index contributed by atoms with van der Waals surface area (Å²) in [5, 5.41) is 13.6. The summed E-state index contributed by atoms with van der Waals surface area (Å²) in [6, 6.07) is 12.9. The molecule has 0 aliphatic carbocycles. The van der Waals surface area contributed by atoms with E-state index in [2.05, 4.69) is 10.6 Å². The second-order valence-electron chi connectivity index (χ2n) is 5.71. The predicted molar refractivity (Wildman–Crippen MR) is 108 cm³/mol. The maximum atomic E-state index is 12.1. The zero-order chi connectivity index (χ0) is 19.8. The number of anilines is 1. The Labute approximate surface area is 166 Å². The van der Waals surface area contributed by atoms with Gasteiger partial charge in [-0.3, -0.25) is 9.59 Å². The summed E-state index contributed by atoms with van der Waals surface area (Å²) in [6.45, 7) is 2.90. The number of ether oxygens (including phenoxy) is 1. The molecule has 2 rings (SSSR count). The fourth-order valence-electron chi connectivity index (χ4n) is 2.23. The Balaban J connectivity index is 1.91. The summed E-state index contributed by atoms with van der Waals surface area (Å²) >= 11 is 7.11. The van der Waals surface area contributed by atoms with E-state index in [-0.39, 0.29) is 12.1 Å². The molecule has 142 valence electrons. The van der Waals surface area contributed by atoms with Crippen LogP contribution in [0.15, 0.2) is 53.9 Å². The molecule has 1 aromatic carbocycles. The minimum absolute atomic E-state index is 0.0611. The topological polar surface area (TPSA) is 91.3 Å². The van der Waals surface area contributed by atoms with Crippen molar-refractivity contribution in [2.24, 2.45) is 0 Å². The van der Waals surface area contributed by atoms with Gasteiger partial charge in [0.1, 0.15) is 0 Å². The molecule has 6 nitrogen and oxygen atoms in total. The average Bonchev–Trinajstić information content (AvgIpc) is 3.03. The molecule has 0 radical (unpaired) electrons. The third-order valence-corrected chi connectivity index (χ3v) is 4.66. The van der Waals surface area contributed by atoms with E-state index in [4.69, 9.17) is 21.7 Å². The van der Waals surface area contributed by atoms with E-state index in [9.17, 15) is 9.59 Å². The van der Waals surface area contributed by atoms with Crippen LogP contribution in [0.1, 0.15) is 18.7 Å². The standard InChI is InChI=1S/C19H20ClN3O3S/c1-12(21)19(13(2)22-14-6-4-3-5-7-14)23-17(24)11-26-18(25)10-15-8-9-16(20)27-15/h3-9,21-22H,10-11H2,1-2H3,(H,23,24)/b19-13+,21-12?. The van der Waals surface area contributed by atoms with Crippen molar-refractivity contribution in [2.75, 3.05) is 11.9 Å². The molecule has 0 unspecified atom stereocenters. The maximum Gasteiger partial charge on any atom is 0.311 e. The van der Waals surface area contributed by atoms with E-state index in [0.717, 1.165) is 10.6 Å². The van der Waals surface area contributed by atoms with Crippen LogP contribution in [0.25, 0.3) is 0 Å². The molecule has 0 atom stereocenters. The van der Waals surface area contributed by atoms with Crippen LogP contribution in [0.2, 0.25) is 4.34 Å². The van der Waals surface area contributed by atoms with E-state index in [1.165, 1.54) is 11.3 Å². The molecule has 1 aromatic heterocycles. The van der Waals surface area contributed by atoms with Crippen molar-refractivity contribution in [1.29, 1.82) is 5.41 Å². The summed E-state index contributed by atoms with van der Waals surface area (Å²) in [4.78, 5) is 24.7. The number of halogens is 1. The average molecular weight is 406 g/mol.